The number of fused-ring (bicyclic) bond motifs is 1. The first-order chi connectivity index (χ1) is 12.1. The van der Waals surface area contributed by atoms with Gasteiger partial charge in [-0.25, -0.2) is 0 Å². The molecule has 0 radical (unpaired) electrons. The number of methoxy groups -OCH3 is 2. The summed E-state index contributed by atoms with van der Waals surface area (Å²) in [6.07, 6.45) is 0.811. The van der Waals surface area contributed by atoms with Crippen LogP contribution in [0.15, 0.2) is 42.5 Å². The number of rotatable bonds is 5. The predicted molar refractivity (Wildman–Crippen MR) is 95.2 cm³/mol. The van der Waals surface area contributed by atoms with Gasteiger partial charge in [0.15, 0.2) is 0 Å². The Hall–Kier alpha value is -2.53. The first kappa shape index (κ1) is 17.3. The molecule has 0 fully saturated rings. The van der Waals surface area contributed by atoms with Crippen LogP contribution < -0.4 is 9.47 Å². The second-order valence-electron chi connectivity index (χ2n) is 6.19. The van der Waals surface area contributed by atoms with Crippen LogP contribution in [0.3, 0.4) is 0 Å². The molecule has 0 aliphatic carbocycles. The van der Waals surface area contributed by atoms with E-state index in [1.807, 2.05) is 12.1 Å². The summed E-state index contributed by atoms with van der Waals surface area (Å²) in [4.78, 5) is 14.4. The van der Waals surface area contributed by atoms with E-state index in [1.165, 1.54) is 11.1 Å². The lowest BCUT2D eigenvalue weighted by Gasteiger charge is -2.29. The smallest absolute Gasteiger partial charge is 0.253 e. The molecule has 1 unspecified atom stereocenters. The fourth-order valence-corrected chi connectivity index (χ4v) is 3.07. The van der Waals surface area contributed by atoms with Gasteiger partial charge in [-0.15, -0.1) is 0 Å². The van der Waals surface area contributed by atoms with Gasteiger partial charge in [0.2, 0.25) is 0 Å². The monoisotopic (exact) mass is 341 g/mol. The Balaban J connectivity index is 1.69. The van der Waals surface area contributed by atoms with Gasteiger partial charge in [0.1, 0.15) is 11.5 Å². The molecule has 0 bridgehead atoms. The zero-order chi connectivity index (χ0) is 17.8. The summed E-state index contributed by atoms with van der Waals surface area (Å²) in [5, 5.41) is 0. The Kier molecular flexibility index (Phi) is 5.24. The topological polar surface area (TPSA) is 48.0 Å². The van der Waals surface area contributed by atoms with E-state index in [1.54, 1.807) is 44.4 Å². The molecule has 5 heteroatoms. The number of nitrogens with zero attached hydrogens (tertiary/aromatic N) is 1. The van der Waals surface area contributed by atoms with Gasteiger partial charge in [-0.3, -0.25) is 4.79 Å². The zero-order valence-electron chi connectivity index (χ0n) is 14.8. The third-order valence-corrected chi connectivity index (χ3v) is 4.46. The van der Waals surface area contributed by atoms with Crippen LogP contribution in [-0.4, -0.2) is 44.7 Å². The lowest BCUT2D eigenvalue weighted by molar-refractivity contribution is 0.00984. The number of likely N-dealkylation sites (N-methyl/N-ethyl adjacent to an activating group) is 1. The summed E-state index contributed by atoms with van der Waals surface area (Å²) in [5.74, 6) is 1.11. The fourth-order valence-electron chi connectivity index (χ4n) is 3.07. The van der Waals surface area contributed by atoms with Crippen LogP contribution >= 0.6 is 0 Å². The van der Waals surface area contributed by atoms with Crippen LogP contribution in [0.1, 0.15) is 21.5 Å². The number of carbonyl (C=O) groups excluding carboxylic acids is 1. The van der Waals surface area contributed by atoms with Crippen molar-refractivity contribution in [3.63, 3.8) is 0 Å². The third-order valence-electron chi connectivity index (χ3n) is 4.46. The van der Waals surface area contributed by atoms with E-state index in [2.05, 4.69) is 12.1 Å². The molecule has 1 atom stereocenters. The molecule has 3 rings (SSSR count). The van der Waals surface area contributed by atoms with Crippen molar-refractivity contribution in [1.29, 1.82) is 0 Å². The number of ether oxygens (including phenoxy) is 3. The maximum atomic E-state index is 12.8. The minimum absolute atomic E-state index is 0.00338. The van der Waals surface area contributed by atoms with Crippen LogP contribution in [0.25, 0.3) is 0 Å². The van der Waals surface area contributed by atoms with Gasteiger partial charge in [-0.1, -0.05) is 24.3 Å². The normalized spacial score (nSPS) is 16.0. The van der Waals surface area contributed by atoms with Gasteiger partial charge in [0, 0.05) is 31.6 Å². The van der Waals surface area contributed by atoms with E-state index < -0.39 is 0 Å². The van der Waals surface area contributed by atoms with Crippen molar-refractivity contribution < 1.29 is 19.0 Å². The first-order valence-corrected chi connectivity index (χ1v) is 8.27. The van der Waals surface area contributed by atoms with Crippen LogP contribution in [0.4, 0.5) is 0 Å². The van der Waals surface area contributed by atoms with Crippen LogP contribution in [-0.2, 0) is 17.8 Å². The molecular weight excluding hydrogens is 318 g/mol. The van der Waals surface area contributed by atoms with E-state index in [4.69, 9.17) is 14.2 Å². The van der Waals surface area contributed by atoms with Crippen molar-refractivity contribution in [3.05, 3.63) is 59.2 Å². The number of hydrogen-bond acceptors (Lipinski definition) is 4. The average Bonchev–Trinajstić information content (AvgIpc) is 2.66. The van der Waals surface area contributed by atoms with E-state index in [0.29, 0.717) is 30.2 Å². The summed E-state index contributed by atoms with van der Waals surface area (Å²) in [6.45, 7) is 1.13. The number of benzene rings is 2. The molecule has 1 aliphatic heterocycles. The second kappa shape index (κ2) is 7.57. The highest BCUT2D eigenvalue weighted by molar-refractivity contribution is 5.95. The van der Waals surface area contributed by atoms with Crippen LogP contribution in [0.2, 0.25) is 0 Å². The highest BCUT2D eigenvalue weighted by Gasteiger charge is 2.23. The summed E-state index contributed by atoms with van der Waals surface area (Å²) >= 11 is 0. The Morgan fingerprint density at radius 2 is 1.76 bits per heavy atom. The van der Waals surface area contributed by atoms with Crippen molar-refractivity contribution in [3.8, 4) is 11.5 Å². The first-order valence-electron chi connectivity index (χ1n) is 8.27. The molecular formula is C20H23NO4. The molecule has 25 heavy (non-hydrogen) atoms. The molecule has 0 saturated carbocycles. The Morgan fingerprint density at radius 1 is 1.12 bits per heavy atom. The quantitative estimate of drug-likeness (QED) is 0.839. The number of amides is 1. The van der Waals surface area contributed by atoms with Crippen molar-refractivity contribution in [2.45, 2.75) is 19.1 Å². The van der Waals surface area contributed by atoms with Gasteiger partial charge in [-0.2, -0.15) is 0 Å². The largest absolute Gasteiger partial charge is 0.497 e. The minimum Gasteiger partial charge on any atom is -0.497 e. The average molecular weight is 341 g/mol. The zero-order valence-corrected chi connectivity index (χ0v) is 14.8. The van der Waals surface area contributed by atoms with E-state index >= 15 is 0 Å². The summed E-state index contributed by atoms with van der Waals surface area (Å²) in [6, 6.07) is 13.5. The van der Waals surface area contributed by atoms with E-state index in [-0.39, 0.29) is 12.0 Å². The van der Waals surface area contributed by atoms with E-state index in [0.717, 1.165) is 6.42 Å². The minimum atomic E-state index is -0.0836. The molecule has 0 aromatic heterocycles. The molecule has 0 N–H and O–H groups in total. The molecule has 1 amide bonds. The van der Waals surface area contributed by atoms with Crippen LogP contribution in [0.5, 0.6) is 11.5 Å². The summed E-state index contributed by atoms with van der Waals surface area (Å²) in [7, 11) is 4.93. The van der Waals surface area contributed by atoms with Gasteiger partial charge < -0.3 is 19.1 Å². The van der Waals surface area contributed by atoms with Crippen molar-refractivity contribution >= 4 is 5.91 Å². The van der Waals surface area contributed by atoms with Crippen LogP contribution in [0, 0.1) is 0 Å². The van der Waals surface area contributed by atoms with Crippen molar-refractivity contribution in [2.24, 2.45) is 0 Å². The highest BCUT2D eigenvalue weighted by atomic mass is 16.5. The molecule has 2 aromatic carbocycles. The molecule has 132 valence electrons. The van der Waals surface area contributed by atoms with Gasteiger partial charge in [0.05, 0.1) is 26.9 Å². The van der Waals surface area contributed by atoms with Gasteiger partial charge in [0.25, 0.3) is 5.91 Å². The van der Waals surface area contributed by atoms with Gasteiger partial charge >= 0.3 is 0 Å². The molecule has 5 nitrogen and oxygen atoms in total. The summed E-state index contributed by atoms with van der Waals surface area (Å²) in [5.41, 5.74) is 3.06. The molecule has 0 saturated heterocycles. The Bertz CT molecular complexity index is 737. The van der Waals surface area contributed by atoms with Gasteiger partial charge in [-0.05, 0) is 23.3 Å². The predicted octanol–water partition coefficient (Wildman–Crippen LogP) is 2.92. The Labute approximate surface area is 148 Å². The molecule has 1 aliphatic rings. The van der Waals surface area contributed by atoms with Crippen molar-refractivity contribution in [1.82, 2.24) is 4.90 Å². The lowest BCUT2D eigenvalue weighted by Crippen LogP contribution is -2.38. The maximum absolute atomic E-state index is 12.8. The Morgan fingerprint density at radius 3 is 2.40 bits per heavy atom. The fraction of sp³-hybridized carbons (Fsp3) is 0.350. The van der Waals surface area contributed by atoms with Crippen molar-refractivity contribution in [2.75, 3.05) is 27.8 Å². The summed E-state index contributed by atoms with van der Waals surface area (Å²) < 4.78 is 16.4. The molecule has 2 aromatic rings. The molecule has 0 spiro atoms. The maximum Gasteiger partial charge on any atom is 0.253 e. The standard InChI is InChI=1S/C20H23NO4/c1-21(12-19-8-14-6-4-5-7-15(14)13-25-19)20(22)16-9-17(23-2)11-18(10-16)24-3/h4-7,9-11,19H,8,12-13H2,1-3H3. The third kappa shape index (κ3) is 3.94. The SMILES string of the molecule is COc1cc(OC)cc(C(=O)N(C)CC2Cc3ccccc3CO2)c1. The lowest BCUT2D eigenvalue weighted by atomic mass is 9.99. The van der Waals surface area contributed by atoms with E-state index in [9.17, 15) is 4.79 Å². The number of carbonyl (C=O) groups is 1. The highest BCUT2D eigenvalue weighted by Crippen LogP contribution is 2.24. The second-order valence-corrected chi connectivity index (χ2v) is 6.19. The molecule has 1 heterocycles. The number of hydrogen-bond donors (Lipinski definition) is 0.